The Kier molecular flexibility index (Phi) is 4.01. The minimum absolute atomic E-state index is 0.383. The van der Waals surface area contributed by atoms with Gasteiger partial charge in [-0.15, -0.1) is 5.10 Å². The molecule has 1 atom stereocenters. The highest BCUT2D eigenvalue weighted by Gasteiger charge is 2.34. The fraction of sp³-hybridized carbons (Fsp3) is 0.150. The number of ether oxygens (including phenoxy) is 1. The number of benzene rings is 2. The standard InChI is InChI=1S/C20H18N4O2/c1-13-16(19(25)26-2)17(14-9-5-3-6-10-14)24-20(21-13)22-18(23-24)15-11-7-4-8-12-15/h3-12,17H,1-2H3,(H,21,22,23). The van der Waals surface area contributed by atoms with E-state index in [-0.39, 0.29) is 5.97 Å². The Morgan fingerprint density at radius 1 is 1.08 bits per heavy atom. The third-order valence-electron chi connectivity index (χ3n) is 4.41. The van der Waals surface area contributed by atoms with Crippen LogP contribution in [0.1, 0.15) is 18.5 Å². The van der Waals surface area contributed by atoms with Crippen molar-refractivity contribution in [2.24, 2.45) is 0 Å². The number of hydrogen-bond acceptors (Lipinski definition) is 5. The second kappa shape index (κ2) is 6.48. The minimum Gasteiger partial charge on any atom is -0.466 e. The highest BCUT2D eigenvalue weighted by atomic mass is 16.5. The molecule has 2 heterocycles. The molecule has 0 spiro atoms. The Balaban J connectivity index is 1.88. The van der Waals surface area contributed by atoms with E-state index in [1.807, 2.05) is 67.6 Å². The molecule has 3 aromatic rings. The molecule has 0 bridgehead atoms. The van der Waals surface area contributed by atoms with E-state index in [2.05, 4.69) is 15.4 Å². The van der Waals surface area contributed by atoms with Gasteiger partial charge in [-0.25, -0.2) is 9.48 Å². The lowest BCUT2D eigenvalue weighted by Gasteiger charge is -2.27. The molecule has 0 saturated heterocycles. The van der Waals surface area contributed by atoms with Crippen LogP contribution in [-0.4, -0.2) is 27.8 Å². The van der Waals surface area contributed by atoms with Crippen molar-refractivity contribution in [2.75, 3.05) is 12.4 Å². The van der Waals surface area contributed by atoms with Crippen LogP contribution >= 0.6 is 0 Å². The Labute approximate surface area is 151 Å². The first-order chi connectivity index (χ1) is 12.7. The maximum Gasteiger partial charge on any atom is 0.338 e. The molecule has 0 fully saturated rings. The molecule has 1 aliphatic rings. The van der Waals surface area contributed by atoms with Crippen molar-refractivity contribution in [3.63, 3.8) is 0 Å². The van der Waals surface area contributed by atoms with Gasteiger partial charge in [-0.2, -0.15) is 4.98 Å². The second-order valence-electron chi connectivity index (χ2n) is 6.04. The van der Waals surface area contributed by atoms with Gasteiger partial charge >= 0.3 is 5.97 Å². The highest BCUT2D eigenvalue weighted by Crippen LogP contribution is 2.36. The summed E-state index contributed by atoms with van der Waals surface area (Å²) >= 11 is 0. The lowest BCUT2D eigenvalue weighted by atomic mass is 9.96. The largest absolute Gasteiger partial charge is 0.466 e. The Bertz CT molecular complexity index is 978. The fourth-order valence-corrected chi connectivity index (χ4v) is 3.18. The molecule has 1 aliphatic heterocycles. The first kappa shape index (κ1) is 16.1. The molecular weight excluding hydrogens is 328 g/mol. The summed E-state index contributed by atoms with van der Waals surface area (Å²) in [6, 6.07) is 19.1. The summed E-state index contributed by atoms with van der Waals surface area (Å²) in [7, 11) is 1.39. The van der Waals surface area contributed by atoms with E-state index in [1.54, 1.807) is 4.68 Å². The summed E-state index contributed by atoms with van der Waals surface area (Å²) < 4.78 is 6.77. The van der Waals surface area contributed by atoms with E-state index in [1.165, 1.54) is 7.11 Å². The number of hydrogen-bond donors (Lipinski definition) is 1. The molecule has 4 rings (SSSR count). The van der Waals surface area contributed by atoms with Crippen molar-refractivity contribution < 1.29 is 9.53 Å². The van der Waals surface area contributed by atoms with Gasteiger partial charge in [0, 0.05) is 11.3 Å². The van der Waals surface area contributed by atoms with E-state index >= 15 is 0 Å². The molecule has 1 N–H and O–H groups in total. The maximum absolute atomic E-state index is 12.5. The van der Waals surface area contributed by atoms with Gasteiger partial charge in [0.2, 0.25) is 5.95 Å². The number of esters is 1. The molecule has 0 saturated carbocycles. The zero-order valence-corrected chi connectivity index (χ0v) is 14.5. The summed E-state index contributed by atoms with van der Waals surface area (Å²) in [5.41, 5.74) is 3.10. The summed E-state index contributed by atoms with van der Waals surface area (Å²) in [6.45, 7) is 1.85. The van der Waals surface area contributed by atoms with Crippen molar-refractivity contribution >= 4 is 11.9 Å². The van der Waals surface area contributed by atoms with Crippen LogP contribution in [0, 0.1) is 0 Å². The molecule has 0 amide bonds. The van der Waals surface area contributed by atoms with Gasteiger partial charge < -0.3 is 10.1 Å². The molecule has 1 aromatic heterocycles. The van der Waals surface area contributed by atoms with Crippen molar-refractivity contribution in [2.45, 2.75) is 13.0 Å². The quantitative estimate of drug-likeness (QED) is 0.736. The van der Waals surface area contributed by atoms with Crippen LogP contribution in [0.2, 0.25) is 0 Å². The SMILES string of the molecule is COC(=O)C1=C(C)Nc2nc(-c3ccccc3)nn2C1c1ccccc1. The Hall–Kier alpha value is -3.41. The number of nitrogens with zero attached hydrogens (tertiary/aromatic N) is 3. The predicted molar refractivity (Wildman–Crippen MR) is 98.4 cm³/mol. The molecule has 1 unspecified atom stereocenters. The molecule has 6 heteroatoms. The normalized spacial score (nSPS) is 16.0. The number of rotatable bonds is 3. The van der Waals surface area contributed by atoms with Crippen molar-refractivity contribution in [1.82, 2.24) is 14.8 Å². The molecule has 26 heavy (non-hydrogen) atoms. The first-order valence-corrected chi connectivity index (χ1v) is 8.32. The zero-order chi connectivity index (χ0) is 18.1. The third kappa shape index (κ3) is 2.65. The number of allylic oxidation sites excluding steroid dienone is 1. The minimum atomic E-state index is -0.398. The lowest BCUT2D eigenvalue weighted by molar-refractivity contribution is -0.136. The third-order valence-corrected chi connectivity index (χ3v) is 4.41. The zero-order valence-electron chi connectivity index (χ0n) is 14.5. The first-order valence-electron chi connectivity index (χ1n) is 8.32. The highest BCUT2D eigenvalue weighted by molar-refractivity contribution is 5.92. The van der Waals surface area contributed by atoms with Gasteiger partial charge in [-0.3, -0.25) is 0 Å². The average Bonchev–Trinajstić information content (AvgIpc) is 3.11. The maximum atomic E-state index is 12.5. The molecule has 130 valence electrons. The topological polar surface area (TPSA) is 69.0 Å². The second-order valence-corrected chi connectivity index (χ2v) is 6.04. The van der Waals surface area contributed by atoms with E-state index < -0.39 is 6.04 Å². The van der Waals surface area contributed by atoms with E-state index in [4.69, 9.17) is 4.74 Å². The Morgan fingerprint density at radius 2 is 1.73 bits per heavy atom. The summed E-state index contributed by atoms with van der Waals surface area (Å²) in [5.74, 6) is 0.821. The van der Waals surface area contributed by atoms with Crippen molar-refractivity contribution in [3.8, 4) is 11.4 Å². The molecular formula is C20H18N4O2. The lowest BCUT2D eigenvalue weighted by Crippen LogP contribution is -2.29. The smallest absolute Gasteiger partial charge is 0.338 e. The molecule has 6 nitrogen and oxygen atoms in total. The van der Waals surface area contributed by atoms with Crippen LogP contribution in [0.4, 0.5) is 5.95 Å². The monoisotopic (exact) mass is 346 g/mol. The predicted octanol–water partition coefficient (Wildman–Crippen LogP) is 3.41. The molecule has 0 radical (unpaired) electrons. The van der Waals surface area contributed by atoms with Crippen LogP contribution in [0.15, 0.2) is 71.9 Å². The van der Waals surface area contributed by atoms with Crippen LogP contribution in [0.5, 0.6) is 0 Å². The van der Waals surface area contributed by atoms with Gasteiger partial charge in [0.05, 0.1) is 12.7 Å². The van der Waals surface area contributed by atoms with Crippen LogP contribution in [0.3, 0.4) is 0 Å². The van der Waals surface area contributed by atoms with Crippen LogP contribution in [0.25, 0.3) is 11.4 Å². The summed E-state index contributed by atoms with van der Waals surface area (Å²) in [4.78, 5) is 17.1. The number of nitrogens with one attached hydrogen (secondary N) is 1. The number of anilines is 1. The van der Waals surface area contributed by atoms with E-state index in [0.29, 0.717) is 23.0 Å². The van der Waals surface area contributed by atoms with Gasteiger partial charge in [-0.1, -0.05) is 60.7 Å². The van der Waals surface area contributed by atoms with Crippen LogP contribution < -0.4 is 5.32 Å². The van der Waals surface area contributed by atoms with E-state index in [0.717, 1.165) is 11.1 Å². The number of carbonyl (C=O) groups is 1. The molecule has 0 aliphatic carbocycles. The van der Waals surface area contributed by atoms with Gasteiger partial charge in [0.15, 0.2) is 5.82 Å². The number of methoxy groups -OCH3 is 1. The van der Waals surface area contributed by atoms with Crippen molar-refractivity contribution in [1.29, 1.82) is 0 Å². The molecule has 2 aromatic carbocycles. The fourth-order valence-electron chi connectivity index (χ4n) is 3.18. The van der Waals surface area contributed by atoms with Crippen molar-refractivity contribution in [3.05, 3.63) is 77.5 Å². The Morgan fingerprint density at radius 3 is 2.38 bits per heavy atom. The van der Waals surface area contributed by atoms with E-state index in [9.17, 15) is 4.79 Å². The number of aromatic nitrogens is 3. The summed E-state index contributed by atoms with van der Waals surface area (Å²) in [6.07, 6.45) is 0. The summed E-state index contributed by atoms with van der Waals surface area (Å²) in [5, 5.41) is 7.86. The van der Waals surface area contributed by atoms with Crippen LogP contribution in [-0.2, 0) is 9.53 Å². The average molecular weight is 346 g/mol. The number of fused-ring (bicyclic) bond motifs is 1. The number of carbonyl (C=O) groups excluding carboxylic acids is 1. The van der Waals surface area contributed by atoms with Gasteiger partial charge in [0.1, 0.15) is 6.04 Å². The van der Waals surface area contributed by atoms with Gasteiger partial charge in [-0.05, 0) is 12.5 Å². The van der Waals surface area contributed by atoms with Gasteiger partial charge in [0.25, 0.3) is 0 Å².